The van der Waals surface area contributed by atoms with Crippen LogP contribution >= 0.6 is 11.8 Å². The van der Waals surface area contributed by atoms with Crippen molar-refractivity contribution in [1.82, 2.24) is 26.0 Å². The van der Waals surface area contributed by atoms with E-state index in [9.17, 15) is 14.7 Å². The van der Waals surface area contributed by atoms with Gasteiger partial charge in [-0.3, -0.25) is 19.9 Å². The molecule has 5 rings (SSSR count). The quantitative estimate of drug-likeness (QED) is 0.0436. The van der Waals surface area contributed by atoms with Crippen LogP contribution in [0.2, 0.25) is 0 Å². The topological polar surface area (TPSA) is 159 Å². The normalized spacial score (nSPS) is 17.7. The van der Waals surface area contributed by atoms with E-state index in [0.717, 1.165) is 57.8 Å². The first-order chi connectivity index (χ1) is 23.0. The molecule has 12 heteroatoms. The average molecular weight is 660 g/mol. The molecule has 0 radical (unpaired) electrons. The predicted molar refractivity (Wildman–Crippen MR) is 177 cm³/mol. The van der Waals surface area contributed by atoms with E-state index < -0.39 is 6.29 Å². The van der Waals surface area contributed by atoms with E-state index in [2.05, 4.69) is 38.7 Å². The lowest BCUT2D eigenvalue weighted by Crippen LogP contribution is -2.31. The number of hydrogen-bond acceptors (Lipinski definition) is 9. The maximum absolute atomic E-state index is 12.4. The smallest absolute Gasteiger partial charge is 0.243 e. The van der Waals surface area contributed by atoms with Gasteiger partial charge in [0.1, 0.15) is 6.33 Å². The minimum absolute atomic E-state index is 0.000476. The van der Waals surface area contributed by atoms with Crippen LogP contribution in [0, 0.1) is 0 Å². The minimum Gasteiger partial charge on any atom is -0.392 e. The number of ether oxygens (including phenoxy) is 2. The number of amides is 2. The number of rotatable bonds is 16. The van der Waals surface area contributed by atoms with Crippen molar-refractivity contribution in [3.05, 3.63) is 101 Å². The van der Waals surface area contributed by atoms with Gasteiger partial charge in [0.2, 0.25) is 11.8 Å². The molecule has 4 aromatic rings. The molecule has 1 fully saturated rings. The Morgan fingerprint density at radius 1 is 0.872 bits per heavy atom. The van der Waals surface area contributed by atoms with Crippen LogP contribution < -0.4 is 10.8 Å². The summed E-state index contributed by atoms with van der Waals surface area (Å²) >= 11 is 1.56. The van der Waals surface area contributed by atoms with Gasteiger partial charge in [-0.25, -0.2) is 10.5 Å². The van der Waals surface area contributed by atoms with Crippen molar-refractivity contribution in [3.63, 3.8) is 0 Å². The van der Waals surface area contributed by atoms with Crippen LogP contribution in [0.25, 0.3) is 11.1 Å². The van der Waals surface area contributed by atoms with Crippen molar-refractivity contribution in [2.75, 3.05) is 5.75 Å². The van der Waals surface area contributed by atoms with E-state index in [1.54, 1.807) is 17.2 Å². The summed E-state index contributed by atoms with van der Waals surface area (Å²) in [5.41, 5.74) is 7.54. The van der Waals surface area contributed by atoms with Crippen LogP contribution in [-0.4, -0.2) is 49.2 Å². The van der Waals surface area contributed by atoms with E-state index in [1.165, 1.54) is 6.33 Å². The number of aromatic amines is 1. The molecule has 3 atom stereocenters. The molecular weight excluding hydrogens is 618 g/mol. The van der Waals surface area contributed by atoms with Crippen molar-refractivity contribution in [3.8, 4) is 11.1 Å². The van der Waals surface area contributed by atoms with E-state index in [4.69, 9.17) is 14.7 Å². The van der Waals surface area contributed by atoms with E-state index >= 15 is 0 Å². The first-order valence-electron chi connectivity index (χ1n) is 15.9. The van der Waals surface area contributed by atoms with Crippen molar-refractivity contribution in [1.29, 1.82) is 0 Å². The number of benzene rings is 3. The molecule has 1 aromatic heterocycles. The fourth-order valence-corrected chi connectivity index (χ4v) is 6.22. The highest BCUT2D eigenvalue weighted by Crippen LogP contribution is 2.39. The number of thioether (sulfide) groups is 1. The van der Waals surface area contributed by atoms with Crippen molar-refractivity contribution in [2.45, 2.75) is 81.8 Å². The third-order valence-corrected chi connectivity index (χ3v) is 9.04. The maximum Gasteiger partial charge on any atom is 0.243 e. The van der Waals surface area contributed by atoms with Gasteiger partial charge in [0.15, 0.2) is 11.4 Å². The first kappa shape index (κ1) is 34.3. The number of carbonyl (C=O) groups is 2. The van der Waals surface area contributed by atoms with Gasteiger partial charge in [0.05, 0.1) is 18.8 Å². The molecular formula is C35H41N5O6S. The van der Waals surface area contributed by atoms with Gasteiger partial charge < -0.3 is 19.9 Å². The van der Waals surface area contributed by atoms with Crippen LogP contribution in [0.3, 0.4) is 0 Å². The number of nitrogens with one attached hydrogen (secondary N) is 3. The number of unbranched alkanes of at least 4 members (excludes halogenated alkanes) is 3. The zero-order chi connectivity index (χ0) is 32.8. The molecule has 0 spiro atoms. The fourth-order valence-electron chi connectivity index (χ4n) is 5.42. The summed E-state index contributed by atoms with van der Waals surface area (Å²) in [5, 5.41) is 28.6. The molecule has 248 valence electrons. The Morgan fingerprint density at radius 3 is 2.32 bits per heavy atom. The number of aliphatic hydroxyl groups excluding tert-OH is 1. The third-order valence-electron chi connectivity index (χ3n) is 8.03. The lowest BCUT2D eigenvalue weighted by molar-refractivity contribution is -0.245. The molecule has 1 aliphatic rings. The highest BCUT2D eigenvalue weighted by molar-refractivity contribution is 7.99. The van der Waals surface area contributed by atoms with Gasteiger partial charge in [-0.05, 0) is 46.7 Å². The van der Waals surface area contributed by atoms with Crippen molar-refractivity contribution < 1.29 is 29.4 Å². The van der Waals surface area contributed by atoms with Gasteiger partial charge in [-0.15, -0.1) is 0 Å². The Hall–Kier alpha value is -4.07. The summed E-state index contributed by atoms with van der Waals surface area (Å²) in [6.07, 6.45) is 5.23. The fraction of sp³-hybridized carbons (Fsp3) is 0.371. The summed E-state index contributed by atoms with van der Waals surface area (Å²) in [6.45, 7) is 0.440. The highest BCUT2D eigenvalue weighted by Gasteiger charge is 2.32. The number of carbonyl (C=O) groups excluding carboxylic acids is 2. The van der Waals surface area contributed by atoms with Crippen LogP contribution in [0.4, 0.5) is 0 Å². The number of hydrogen-bond donors (Lipinski definition) is 5. The van der Waals surface area contributed by atoms with Crippen LogP contribution in [0.1, 0.15) is 79.6 Å². The largest absolute Gasteiger partial charge is 0.392 e. The summed E-state index contributed by atoms with van der Waals surface area (Å²) in [7, 11) is 0. The average Bonchev–Trinajstić information content (AvgIpc) is 3.65. The molecule has 3 aromatic carbocycles. The lowest BCUT2D eigenvalue weighted by atomic mass is 9.99. The van der Waals surface area contributed by atoms with Crippen LogP contribution in [-0.2, 0) is 32.2 Å². The summed E-state index contributed by atoms with van der Waals surface area (Å²) in [5.74, 6) is 0.306. The molecule has 0 aliphatic carbocycles. The third kappa shape index (κ3) is 10.5. The molecule has 0 bridgehead atoms. The molecule has 0 saturated carbocycles. The van der Waals surface area contributed by atoms with E-state index in [1.807, 2.05) is 54.6 Å². The van der Waals surface area contributed by atoms with E-state index in [0.29, 0.717) is 31.6 Å². The summed E-state index contributed by atoms with van der Waals surface area (Å²) in [4.78, 5) is 27.6. The summed E-state index contributed by atoms with van der Waals surface area (Å²) in [6, 6.07) is 24.1. The molecule has 11 nitrogen and oxygen atoms in total. The SMILES string of the molecule is O=C(CCCCCCC(=O)NCc1cccc(-c2ccc([C@@H]3O[C@H](CSc4ncn[nH]4)C[C@H](c4ccc(CO)cc4)O3)cc2)c1)NO. The Kier molecular flexibility index (Phi) is 12.9. The Balaban J connectivity index is 1.17. The van der Waals surface area contributed by atoms with E-state index in [-0.39, 0.29) is 37.0 Å². The molecule has 0 unspecified atom stereocenters. The second-order valence-electron chi connectivity index (χ2n) is 11.5. The Morgan fingerprint density at radius 2 is 1.62 bits per heavy atom. The molecule has 1 aliphatic heterocycles. The lowest BCUT2D eigenvalue weighted by Gasteiger charge is -2.36. The number of hydroxylamine groups is 1. The monoisotopic (exact) mass is 659 g/mol. The molecule has 2 heterocycles. The van der Waals surface area contributed by atoms with Gasteiger partial charge in [-0.2, -0.15) is 5.10 Å². The zero-order valence-corrected chi connectivity index (χ0v) is 27.0. The van der Waals surface area contributed by atoms with Gasteiger partial charge in [0.25, 0.3) is 0 Å². The predicted octanol–water partition coefficient (Wildman–Crippen LogP) is 5.76. The van der Waals surface area contributed by atoms with Crippen molar-refractivity contribution in [2.24, 2.45) is 0 Å². The van der Waals surface area contributed by atoms with Gasteiger partial charge in [0, 0.05) is 37.1 Å². The van der Waals surface area contributed by atoms with Gasteiger partial charge >= 0.3 is 0 Å². The minimum atomic E-state index is -0.553. The van der Waals surface area contributed by atoms with Crippen LogP contribution in [0.5, 0.6) is 0 Å². The number of aliphatic hydroxyl groups is 1. The molecule has 2 amide bonds. The zero-order valence-electron chi connectivity index (χ0n) is 26.1. The number of aromatic nitrogens is 3. The molecule has 47 heavy (non-hydrogen) atoms. The molecule has 5 N–H and O–H groups in total. The Labute approximate surface area is 278 Å². The molecule has 1 saturated heterocycles. The first-order valence-corrected chi connectivity index (χ1v) is 16.9. The summed E-state index contributed by atoms with van der Waals surface area (Å²) < 4.78 is 12.9. The van der Waals surface area contributed by atoms with Crippen LogP contribution in [0.15, 0.2) is 84.3 Å². The highest BCUT2D eigenvalue weighted by atomic mass is 32.2. The Bertz CT molecular complexity index is 1550. The van der Waals surface area contributed by atoms with Crippen molar-refractivity contribution >= 4 is 23.6 Å². The van der Waals surface area contributed by atoms with Gasteiger partial charge in [-0.1, -0.05) is 91.3 Å². The second-order valence-corrected chi connectivity index (χ2v) is 12.5. The number of nitrogens with zero attached hydrogens (tertiary/aromatic N) is 2. The number of H-pyrrole nitrogens is 1. The standard InChI is InChI=1S/C35H41N5O6S/c41-21-24-10-12-27(13-11-24)31-19-30(22-47-35-37-23-38-39-35)45-34(46-31)28-16-14-26(15-17-28)29-7-5-6-25(18-29)20-36-32(42)8-3-1-2-4-9-33(43)40-44/h5-7,10-18,23,30-31,34,41,44H,1-4,8-9,19-22H2,(H,36,42)(H,40,43)(H,37,38,39)/t30-,31+,34+/m0/s1. The second kappa shape index (κ2) is 17.7. The maximum atomic E-state index is 12.4.